The molecule has 4 aliphatic rings. The van der Waals surface area contributed by atoms with Crippen molar-refractivity contribution in [1.82, 2.24) is 40.4 Å². The molecule has 0 aliphatic carbocycles. The maximum absolute atomic E-state index is 13.6. The minimum Gasteiger partial charge on any atom is -0.488 e. The first kappa shape index (κ1) is 40.1. The Balaban J connectivity index is 0.00000142. The van der Waals surface area contributed by atoms with Crippen molar-refractivity contribution in [2.45, 2.75) is 91.1 Å². The number of carbonyl (C=O) groups excluding carboxylic acids is 4. The number of benzene rings is 2. The van der Waals surface area contributed by atoms with Crippen LogP contribution in [0.2, 0.25) is 0 Å². The van der Waals surface area contributed by atoms with Crippen LogP contribution in [0.4, 0.5) is 9.59 Å². The normalized spacial score (nSPS) is 18.0. The fourth-order valence-electron chi connectivity index (χ4n) is 8.16. The van der Waals surface area contributed by atoms with Gasteiger partial charge in [0.05, 0.1) is 50.1 Å². The zero-order chi connectivity index (χ0) is 41.1. The van der Waals surface area contributed by atoms with E-state index in [9.17, 15) is 19.2 Å². The standard InChI is InChI=1S/C39H44N8O8.C3H8.H2/c1-20(2)34(45-39(51)53-4)37(49)47-10-6-8-28(47)36-41-16-26(44-36)22-12-24-19-54-29-13-21(11-23-18-55-30(14-22)33(24)32(23)29)25-15-40-35(43-25)27-7-5-9-46(27)31(48)17-42-38(50)52-3;1-3-2;/h11-16,20,27-28,34H,5-10,17-19H2,1-4H3,(H,40,43)(H,41,44)(H,42,50)(H,45,51);3H2,1-2H3;1H/t27-,28-,34-;;/m0../s1. The Morgan fingerprint density at radius 3 is 1.81 bits per heavy atom. The Morgan fingerprint density at radius 2 is 1.31 bits per heavy atom. The van der Waals surface area contributed by atoms with E-state index in [4.69, 9.17) is 19.2 Å². The Hall–Kier alpha value is -6.06. The van der Waals surface area contributed by atoms with Crippen LogP contribution in [0.1, 0.15) is 96.1 Å². The molecule has 2 aromatic carbocycles. The summed E-state index contributed by atoms with van der Waals surface area (Å²) in [7, 11) is 2.54. The third kappa shape index (κ3) is 7.91. The number of methoxy groups -OCH3 is 2. The number of aromatic amines is 2. The van der Waals surface area contributed by atoms with Crippen LogP contribution in [0.5, 0.6) is 11.5 Å². The summed E-state index contributed by atoms with van der Waals surface area (Å²) < 4.78 is 22.2. The molecular weight excluding hydrogens is 745 g/mol. The summed E-state index contributed by atoms with van der Waals surface area (Å²) in [6, 6.07) is 7.03. The number of alkyl carbamates (subject to hydrolysis) is 2. The Bertz CT molecular complexity index is 2140. The van der Waals surface area contributed by atoms with Crippen LogP contribution in [-0.2, 0) is 32.3 Å². The molecule has 0 radical (unpaired) electrons. The van der Waals surface area contributed by atoms with Gasteiger partial charge in [-0.2, -0.15) is 0 Å². The number of hydrogen-bond acceptors (Lipinski definition) is 10. The highest BCUT2D eigenvalue weighted by Crippen LogP contribution is 2.51. The van der Waals surface area contributed by atoms with Crippen LogP contribution in [-0.4, -0.2) is 93.6 Å². The van der Waals surface area contributed by atoms with E-state index in [1.54, 1.807) is 22.2 Å². The molecule has 2 aromatic heterocycles. The van der Waals surface area contributed by atoms with Gasteiger partial charge in [-0.15, -0.1) is 0 Å². The summed E-state index contributed by atoms with van der Waals surface area (Å²) in [5.74, 6) is 2.42. The fourth-order valence-corrected chi connectivity index (χ4v) is 8.16. The average molecular weight is 799 g/mol. The van der Waals surface area contributed by atoms with Crippen LogP contribution in [0.3, 0.4) is 0 Å². The summed E-state index contributed by atoms with van der Waals surface area (Å²) in [4.78, 5) is 69.9. The number of amides is 4. The number of hydrogen-bond donors (Lipinski definition) is 4. The summed E-state index contributed by atoms with van der Waals surface area (Å²) in [6.45, 7) is 9.74. The second kappa shape index (κ2) is 17.2. The van der Waals surface area contributed by atoms with E-state index in [1.165, 1.54) is 20.6 Å². The zero-order valence-corrected chi connectivity index (χ0v) is 33.9. The van der Waals surface area contributed by atoms with Gasteiger partial charge in [0, 0.05) is 47.9 Å². The van der Waals surface area contributed by atoms with Crippen LogP contribution < -0.4 is 20.1 Å². The number of rotatable bonds is 9. The number of aromatic nitrogens is 4. The van der Waals surface area contributed by atoms with Gasteiger partial charge in [0.15, 0.2) is 0 Å². The highest BCUT2D eigenvalue weighted by atomic mass is 16.5. The second-order valence-corrected chi connectivity index (χ2v) is 15.3. The van der Waals surface area contributed by atoms with Gasteiger partial charge in [-0.05, 0) is 55.9 Å². The van der Waals surface area contributed by atoms with Crippen molar-refractivity contribution in [2.24, 2.45) is 5.92 Å². The third-order valence-corrected chi connectivity index (χ3v) is 10.9. The minimum absolute atomic E-state index is 0. The zero-order valence-electron chi connectivity index (χ0n) is 33.9. The minimum atomic E-state index is -0.710. The van der Waals surface area contributed by atoms with Crippen LogP contribution in [0.15, 0.2) is 36.7 Å². The molecule has 3 atom stereocenters. The summed E-state index contributed by atoms with van der Waals surface area (Å²) in [6.07, 6.45) is 6.70. The molecule has 2 fully saturated rings. The quantitative estimate of drug-likeness (QED) is 0.143. The van der Waals surface area contributed by atoms with E-state index >= 15 is 0 Å². The number of H-pyrrole nitrogens is 2. The van der Waals surface area contributed by atoms with Gasteiger partial charge in [-0.3, -0.25) is 9.59 Å². The molecule has 16 heteroatoms. The summed E-state index contributed by atoms with van der Waals surface area (Å²) >= 11 is 0. The SMILES string of the molecule is CCC.COC(=O)NCC(=O)N1CCC[C@H]1c1ncc(-c2cc3c4c(c2)OCc2cc(-c5cnc([C@@H]6CCCN6C(=O)[C@@H](NC(=O)OC)C(C)C)[nH]5)cc(c2-4)OC3)[nH]1.[HH]. The van der Waals surface area contributed by atoms with Crippen molar-refractivity contribution in [2.75, 3.05) is 33.9 Å². The van der Waals surface area contributed by atoms with E-state index in [1.807, 2.05) is 26.0 Å². The lowest BCUT2D eigenvalue weighted by Crippen LogP contribution is -2.51. The second-order valence-electron chi connectivity index (χ2n) is 15.3. The lowest BCUT2D eigenvalue weighted by atomic mass is 9.87. The molecule has 4 amide bonds. The smallest absolute Gasteiger partial charge is 0.407 e. The van der Waals surface area contributed by atoms with E-state index in [2.05, 4.69) is 56.3 Å². The number of likely N-dealkylation sites (tertiary alicyclic amines) is 2. The largest absolute Gasteiger partial charge is 0.488 e. The third-order valence-electron chi connectivity index (χ3n) is 10.9. The van der Waals surface area contributed by atoms with Crippen molar-refractivity contribution < 1.29 is 39.6 Å². The fraction of sp³-hybridized carbons (Fsp3) is 0.476. The van der Waals surface area contributed by atoms with E-state index in [0.717, 1.165) is 82.0 Å². The number of ether oxygens (including phenoxy) is 4. The van der Waals surface area contributed by atoms with Gasteiger partial charge >= 0.3 is 12.2 Å². The lowest BCUT2D eigenvalue weighted by Gasteiger charge is -2.30. The predicted octanol–water partition coefficient (Wildman–Crippen LogP) is 6.64. The molecule has 16 nitrogen and oxygen atoms in total. The van der Waals surface area contributed by atoms with Gasteiger partial charge in [0.25, 0.3) is 0 Å². The maximum atomic E-state index is 13.6. The summed E-state index contributed by atoms with van der Waals surface area (Å²) in [5.41, 5.74) is 7.40. The Labute approximate surface area is 338 Å². The lowest BCUT2D eigenvalue weighted by molar-refractivity contribution is -0.135. The molecule has 6 heterocycles. The van der Waals surface area contributed by atoms with Crippen LogP contribution in [0, 0.1) is 5.92 Å². The van der Waals surface area contributed by atoms with Crippen LogP contribution >= 0.6 is 0 Å². The van der Waals surface area contributed by atoms with E-state index in [-0.39, 0.29) is 37.8 Å². The molecular formula is C42H54N8O8. The summed E-state index contributed by atoms with van der Waals surface area (Å²) in [5, 5.41) is 5.16. The highest BCUT2D eigenvalue weighted by molar-refractivity contribution is 5.89. The monoisotopic (exact) mass is 798 g/mol. The maximum Gasteiger partial charge on any atom is 0.407 e. The highest BCUT2D eigenvalue weighted by Gasteiger charge is 2.38. The molecule has 8 rings (SSSR count). The van der Waals surface area contributed by atoms with Gasteiger partial charge in [0.2, 0.25) is 11.8 Å². The first-order valence-corrected chi connectivity index (χ1v) is 20.0. The first-order valence-electron chi connectivity index (χ1n) is 20.0. The average Bonchev–Trinajstić information content (AvgIpc) is 4.07. The van der Waals surface area contributed by atoms with Crippen molar-refractivity contribution in [3.8, 4) is 45.1 Å². The van der Waals surface area contributed by atoms with Gasteiger partial charge in [-0.1, -0.05) is 34.1 Å². The van der Waals surface area contributed by atoms with Crippen molar-refractivity contribution >= 4 is 24.0 Å². The van der Waals surface area contributed by atoms with Gasteiger partial charge in [-0.25, -0.2) is 19.6 Å². The van der Waals surface area contributed by atoms with Crippen molar-refractivity contribution in [3.63, 3.8) is 0 Å². The first-order chi connectivity index (χ1) is 28.0. The Morgan fingerprint density at radius 1 is 0.810 bits per heavy atom. The predicted molar refractivity (Wildman–Crippen MR) is 216 cm³/mol. The molecule has 310 valence electrons. The molecule has 0 bridgehead atoms. The topological polar surface area (TPSA) is 193 Å². The molecule has 58 heavy (non-hydrogen) atoms. The Kier molecular flexibility index (Phi) is 11.9. The molecule has 4 aromatic rings. The van der Waals surface area contributed by atoms with E-state index < -0.39 is 18.2 Å². The molecule has 2 saturated heterocycles. The van der Waals surface area contributed by atoms with Crippen molar-refractivity contribution in [3.05, 3.63) is 59.4 Å². The number of carbonyl (C=O) groups is 4. The molecule has 0 saturated carbocycles. The number of imidazole rings is 2. The van der Waals surface area contributed by atoms with Gasteiger partial charge in [0.1, 0.15) is 48.9 Å². The number of nitrogens with one attached hydrogen (secondary N) is 4. The van der Waals surface area contributed by atoms with Crippen LogP contribution in [0.25, 0.3) is 33.6 Å². The van der Waals surface area contributed by atoms with Gasteiger partial charge < -0.3 is 49.3 Å². The van der Waals surface area contributed by atoms with Crippen molar-refractivity contribution in [1.29, 1.82) is 0 Å². The van der Waals surface area contributed by atoms with E-state index in [0.29, 0.717) is 38.0 Å². The molecule has 4 aliphatic heterocycles. The molecule has 0 spiro atoms. The molecule has 4 N–H and O–H groups in total. The molecule has 0 unspecified atom stereocenters. The number of nitrogens with zero attached hydrogens (tertiary/aromatic N) is 4.